The maximum absolute atomic E-state index is 6.36. The Bertz CT molecular complexity index is 326. The zero-order valence-corrected chi connectivity index (χ0v) is 11.7. The molecule has 96 valence electrons. The van der Waals surface area contributed by atoms with Crippen molar-refractivity contribution in [3.05, 3.63) is 23.8 Å². The standard InChI is InChI=1S/C16H26O/c1-5-13-7-8-15(12(3)4)16(11-13)10-9-14(6-2)17-16/h9-12,14-15H,5-8H2,1-4H3. The van der Waals surface area contributed by atoms with Crippen LogP contribution in [0.3, 0.4) is 0 Å². The lowest BCUT2D eigenvalue weighted by Crippen LogP contribution is -2.41. The second-order valence-corrected chi connectivity index (χ2v) is 5.82. The lowest BCUT2D eigenvalue weighted by atomic mass is 9.71. The van der Waals surface area contributed by atoms with Crippen LogP contribution in [0, 0.1) is 11.8 Å². The summed E-state index contributed by atoms with van der Waals surface area (Å²) in [7, 11) is 0. The average Bonchev–Trinajstić information content (AvgIpc) is 2.72. The topological polar surface area (TPSA) is 9.23 Å². The number of ether oxygens (including phenoxy) is 1. The van der Waals surface area contributed by atoms with E-state index in [-0.39, 0.29) is 5.60 Å². The molecule has 0 fully saturated rings. The fourth-order valence-electron chi connectivity index (χ4n) is 3.31. The molecule has 0 aromatic carbocycles. The second-order valence-electron chi connectivity index (χ2n) is 5.82. The molecule has 1 spiro atoms. The smallest absolute Gasteiger partial charge is 0.109 e. The van der Waals surface area contributed by atoms with Crippen LogP contribution in [0.15, 0.2) is 23.8 Å². The maximum atomic E-state index is 6.36. The van der Waals surface area contributed by atoms with Gasteiger partial charge in [-0.3, -0.25) is 0 Å². The Balaban J connectivity index is 2.28. The van der Waals surface area contributed by atoms with Crippen LogP contribution in [0.25, 0.3) is 0 Å². The van der Waals surface area contributed by atoms with Gasteiger partial charge in [-0.1, -0.05) is 45.4 Å². The van der Waals surface area contributed by atoms with E-state index in [1.807, 2.05) is 0 Å². The molecule has 2 aliphatic rings. The van der Waals surface area contributed by atoms with E-state index in [0.717, 1.165) is 6.42 Å². The minimum atomic E-state index is -0.0849. The van der Waals surface area contributed by atoms with Crippen LogP contribution in [0.1, 0.15) is 53.4 Å². The molecule has 0 aromatic rings. The molecule has 0 aromatic heterocycles. The summed E-state index contributed by atoms with van der Waals surface area (Å²) in [5.74, 6) is 1.33. The Hall–Kier alpha value is -0.560. The summed E-state index contributed by atoms with van der Waals surface area (Å²) in [5.41, 5.74) is 1.49. The van der Waals surface area contributed by atoms with E-state index in [1.54, 1.807) is 5.57 Å². The van der Waals surface area contributed by atoms with E-state index < -0.39 is 0 Å². The molecule has 0 radical (unpaired) electrons. The van der Waals surface area contributed by atoms with E-state index in [1.165, 1.54) is 19.3 Å². The Morgan fingerprint density at radius 1 is 1.41 bits per heavy atom. The predicted octanol–water partition coefficient (Wildman–Crippen LogP) is 4.49. The Kier molecular flexibility index (Phi) is 3.77. The van der Waals surface area contributed by atoms with Crippen LogP contribution in [-0.4, -0.2) is 11.7 Å². The summed E-state index contributed by atoms with van der Waals surface area (Å²) in [4.78, 5) is 0. The van der Waals surface area contributed by atoms with Gasteiger partial charge in [0.25, 0.3) is 0 Å². The number of rotatable bonds is 3. The van der Waals surface area contributed by atoms with Gasteiger partial charge in [-0.15, -0.1) is 0 Å². The maximum Gasteiger partial charge on any atom is 0.109 e. The first-order chi connectivity index (χ1) is 8.11. The molecule has 1 aliphatic carbocycles. The zero-order chi connectivity index (χ0) is 12.5. The Labute approximate surface area is 106 Å². The molecule has 0 N–H and O–H groups in total. The lowest BCUT2D eigenvalue weighted by Gasteiger charge is -2.41. The third kappa shape index (κ3) is 2.35. The van der Waals surface area contributed by atoms with E-state index in [4.69, 9.17) is 4.74 Å². The van der Waals surface area contributed by atoms with Crippen molar-refractivity contribution in [1.82, 2.24) is 0 Å². The van der Waals surface area contributed by atoms with E-state index in [9.17, 15) is 0 Å². The first-order valence-electron chi connectivity index (χ1n) is 7.19. The highest BCUT2D eigenvalue weighted by Gasteiger charge is 2.43. The van der Waals surface area contributed by atoms with Crippen molar-refractivity contribution in [2.24, 2.45) is 11.8 Å². The molecular formula is C16H26O. The lowest BCUT2D eigenvalue weighted by molar-refractivity contribution is -0.0499. The third-order valence-electron chi connectivity index (χ3n) is 4.37. The van der Waals surface area contributed by atoms with Gasteiger partial charge in [0.2, 0.25) is 0 Å². The van der Waals surface area contributed by atoms with Gasteiger partial charge in [0.05, 0.1) is 6.10 Å². The minimum Gasteiger partial charge on any atom is -0.359 e. The van der Waals surface area contributed by atoms with E-state index >= 15 is 0 Å². The molecule has 1 heterocycles. The zero-order valence-electron chi connectivity index (χ0n) is 11.7. The third-order valence-corrected chi connectivity index (χ3v) is 4.37. The van der Waals surface area contributed by atoms with Gasteiger partial charge >= 0.3 is 0 Å². The highest BCUT2D eigenvalue weighted by atomic mass is 16.5. The molecule has 0 saturated heterocycles. The van der Waals surface area contributed by atoms with E-state index in [0.29, 0.717) is 17.9 Å². The average molecular weight is 234 g/mol. The molecule has 3 atom stereocenters. The Morgan fingerprint density at radius 3 is 2.71 bits per heavy atom. The summed E-state index contributed by atoms with van der Waals surface area (Å²) < 4.78 is 6.36. The number of hydrogen-bond acceptors (Lipinski definition) is 1. The highest BCUT2D eigenvalue weighted by Crippen LogP contribution is 2.44. The van der Waals surface area contributed by atoms with Crippen molar-refractivity contribution < 1.29 is 4.74 Å². The molecule has 0 amide bonds. The molecule has 3 unspecified atom stereocenters. The van der Waals surface area contributed by atoms with Crippen molar-refractivity contribution in [3.8, 4) is 0 Å². The second kappa shape index (κ2) is 4.97. The first kappa shape index (κ1) is 12.9. The Morgan fingerprint density at radius 2 is 2.18 bits per heavy atom. The van der Waals surface area contributed by atoms with Crippen LogP contribution in [-0.2, 0) is 4.74 Å². The summed E-state index contributed by atoms with van der Waals surface area (Å²) in [6, 6.07) is 0. The highest BCUT2D eigenvalue weighted by molar-refractivity contribution is 5.29. The monoisotopic (exact) mass is 234 g/mol. The van der Waals surface area contributed by atoms with E-state index in [2.05, 4.69) is 45.9 Å². The summed E-state index contributed by atoms with van der Waals surface area (Å²) in [5, 5.41) is 0. The van der Waals surface area contributed by atoms with Crippen LogP contribution >= 0.6 is 0 Å². The molecule has 1 nitrogen and oxygen atoms in total. The quantitative estimate of drug-likeness (QED) is 0.654. The van der Waals surface area contributed by atoms with Crippen molar-refractivity contribution in [1.29, 1.82) is 0 Å². The van der Waals surface area contributed by atoms with Crippen LogP contribution in [0.5, 0.6) is 0 Å². The summed E-state index contributed by atoms with van der Waals surface area (Å²) in [6.07, 6.45) is 12.1. The van der Waals surface area contributed by atoms with Gasteiger partial charge in [-0.05, 0) is 43.6 Å². The first-order valence-corrected chi connectivity index (χ1v) is 7.19. The molecule has 1 aliphatic heterocycles. The normalized spacial score (nSPS) is 36.9. The van der Waals surface area contributed by atoms with Crippen molar-refractivity contribution in [3.63, 3.8) is 0 Å². The molecule has 0 saturated carbocycles. The van der Waals surface area contributed by atoms with Gasteiger partial charge in [0.15, 0.2) is 0 Å². The fraction of sp³-hybridized carbons (Fsp3) is 0.750. The van der Waals surface area contributed by atoms with Gasteiger partial charge in [-0.25, -0.2) is 0 Å². The molecule has 2 rings (SSSR count). The molecule has 1 heteroatoms. The predicted molar refractivity (Wildman–Crippen MR) is 73.0 cm³/mol. The van der Waals surface area contributed by atoms with Crippen LogP contribution in [0.2, 0.25) is 0 Å². The van der Waals surface area contributed by atoms with Crippen molar-refractivity contribution >= 4 is 0 Å². The van der Waals surface area contributed by atoms with Crippen LogP contribution in [0.4, 0.5) is 0 Å². The van der Waals surface area contributed by atoms with Gasteiger partial charge < -0.3 is 4.74 Å². The largest absolute Gasteiger partial charge is 0.359 e. The van der Waals surface area contributed by atoms with Crippen LogP contribution < -0.4 is 0 Å². The van der Waals surface area contributed by atoms with Crippen molar-refractivity contribution in [2.45, 2.75) is 65.1 Å². The summed E-state index contributed by atoms with van der Waals surface area (Å²) in [6.45, 7) is 9.11. The number of allylic oxidation sites excluding steroid dienone is 1. The van der Waals surface area contributed by atoms with Crippen molar-refractivity contribution in [2.75, 3.05) is 0 Å². The number of hydrogen-bond donors (Lipinski definition) is 0. The molecule has 17 heavy (non-hydrogen) atoms. The van der Waals surface area contributed by atoms with Gasteiger partial charge in [-0.2, -0.15) is 0 Å². The van der Waals surface area contributed by atoms with Gasteiger partial charge in [0.1, 0.15) is 5.60 Å². The minimum absolute atomic E-state index is 0.0849. The molecular weight excluding hydrogens is 208 g/mol. The fourth-order valence-corrected chi connectivity index (χ4v) is 3.31. The molecule has 0 bridgehead atoms. The summed E-state index contributed by atoms with van der Waals surface area (Å²) >= 11 is 0. The SMILES string of the molecule is CCC1=CC2(C=CC(CC)O2)C(C(C)C)CC1. The van der Waals surface area contributed by atoms with Gasteiger partial charge in [0, 0.05) is 0 Å².